The SMILES string of the molecule is CC(=O)Nc1cccc(Nc2cc(-n3ccnc3Nc3ccccc3Cl)ncn2)c1. The van der Waals surface area contributed by atoms with Crippen molar-refractivity contribution in [1.29, 1.82) is 0 Å². The molecular weight excluding hydrogens is 402 g/mol. The van der Waals surface area contributed by atoms with E-state index in [0.29, 0.717) is 28.3 Å². The van der Waals surface area contributed by atoms with Gasteiger partial charge in [-0.2, -0.15) is 0 Å². The second-order valence-electron chi connectivity index (χ2n) is 6.37. The van der Waals surface area contributed by atoms with Gasteiger partial charge in [0.15, 0.2) is 0 Å². The first kappa shape index (κ1) is 19.4. The average molecular weight is 420 g/mol. The number of para-hydroxylation sites is 1. The lowest BCUT2D eigenvalue weighted by atomic mass is 10.2. The van der Waals surface area contributed by atoms with Crippen molar-refractivity contribution in [2.75, 3.05) is 16.0 Å². The molecule has 0 saturated carbocycles. The van der Waals surface area contributed by atoms with Gasteiger partial charge in [0.25, 0.3) is 0 Å². The number of imidazole rings is 1. The molecule has 0 atom stereocenters. The fraction of sp³-hybridized carbons (Fsp3) is 0.0476. The van der Waals surface area contributed by atoms with Crippen LogP contribution in [0.15, 0.2) is 73.3 Å². The zero-order chi connectivity index (χ0) is 20.9. The van der Waals surface area contributed by atoms with E-state index < -0.39 is 0 Å². The number of carbonyl (C=O) groups excluding carboxylic acids is 1. The van der Waals surface area contributed by atoms with Crippen LogP contribution in [0.3, 0.4) is 0 Å². The maximum Gasteiger partial charge on any atom is 0.221 e. The zero-order valence-corrected chi connectivity index (χ0v) is 16.8. The third kappa shape index (κ3) is 4.56. The van der Waals surface area contributed by atoms with Gasteiger partial charge in [0.1, 0.15) is 18.0 Å². The van der Waals surface area contributed by atoms with Crippen molar-refractivity contribution < 1.29 is 4.79 Å². The van der Waals surface area contributed by atoms with E-state index >= 15 is 0 Å². The molecule has 150 valence electrons. The quantitative estimate of drug-likeness (QED) is 0.417. The predicted octanol–water partition coefficient (Wildman–Crippen LogP) is 4.76. The number of nitrogens with one attached hydrogen (secondary N) is 3. The van der Waals surface area contributed by atoms with Gasteiger partial charge in [0.2, 0.25) is 11.9 Å². The molecule has 9 heteroatoms. The largest absolute Gasteiger partial charge is 0.340 e. The van der Waals surface area contributed by atoms with Crippen LogP contribution in [0.2, 0.25) is 5.02 Å². The summed E-state index contributed by atoms with van der Waals surface area (Å²) >= 11 is 6.24. The highest BCUT2D eigenvalue weighted by molar-refractivity contribution is 6.33. The number of aromatic nitrogens is 4. The monoisotopic (exact) mass is 419 g/mol. The summed E-state index contributed by atoms with van der Waals surface area (Å²) in [7, 11) is 0. The summed E-state index contributed by atoms with van der Waals surface area (Å²) in [6.07, 6.45) is 4.93. The highest BCUT2D eigenvalue weighted by Gasteiger charge is 2.10. The first-order valence-corrected chi connectivity index (χ1v) is 9.48. The Labute approximate surface area is 178 Å². The summed E-state index contributed by atoms with van der Waals surface area (Å²) in [5.74, 6) is 1.66. The third-order valence-electron chi connectivity index (χ3n) is 4.12. The molecule has 4 rings (SSSR count). The molecule has 2 aromatic carbocycles. The molecule has 0 saturated heterocycles. The van der Waals surface area contributed by atoms with E-state index in [1.165, 1.54) is 13.3 Å². The van der Waals surface area contributed by atoms with Crippen LogP contribution in [0.5, 0.6) is 0 Å². The molecule has 2 aromatic heterocycles. The van der Waals surface area contributed by atoms with Crippen LogP contribution in [-0.2, 0) is 4.79 Å². The fourth-order valence-corrected chi connectivity index (χ4v) is 3.02. The van der Waals surface area contributed by atoms with Crippen LogP contribution in [0, 0.1) is 0 Å². The number of rotatable bonds is 6. The third-order valence-corrected chi connectivity index (χ3v) is 4.45. The van der Waals surface area contributed by atoms with Crippen LogP contribution in [0.4, 0.5) is 28.8 Å². The molecular formula is C21H18ClN7O. The van der Waals surface area contributed by atoms with Crippen molar-refractivity contribution in [2.24, 2.45) is 0 Å². The lowest BCUT2D eigenvalue weighted by Gasteiger charge is -2.12. The Bertz CT molecular complexity index is 1190. The molecule has 3 N–H and O–H groups in total. The first-order valence-electron chi connectivity index (χ1n) is 9.10. The summed E-state index contributed by atoms with van der Waals surface area (Å²) in [6, 6.07) is 16.6. The molecule has 4 aromatic rings. The van der Waals surface area contributed by atoms with Crippen LogP contribution >= 0.6 is 11.6 Å². The molecule has 2 heterocycles. The Morgan fingerprint density at radius 1 is 0.967 bits per heavy atom. The summed E-state index contributed by atoms with van der Waals surface area (Å²) < 4.78 is 1.80. The number of carbonyl (C=O) groups is 1. The molecule has 0 aliphatic rings. The van der Waals surface area contributed by atoms with Crippen molar-refractivity contribution in [3.8, 4) is 5.82 Å². The van der Waals surface area contributed by atoms with Gasteiger partial charge in [-0.05, 0) is 30.3 Å². The molecule has 0 fully saturated rings. The lowest BCUT2D eigenvalue weighted by Crippen LogP contribution is -2.06. The van der Waals surface area contributed by atoms with Crippen molar-refractivity contribution in [3.63, 3.8) is 0 Å². The Morgan fingerprint density at radius 2 is 1.80 bits per heavy atom. The number of anilines is 5. The topological polar surface area (TPSA) is 96.8 Å². The maximum absolute atomic E-state index is 11.3. The first-order chi connectivity index (χ1) is 14.6. The Morgan fingerprint density at radius 3 is 2.63 bits per heavy atom. The molecule has 30 heavy (non-hydrogen) atoms. The molecule has 0 unspecified atom stereocenters. The number of nitrogens with zero attached hydrogens (tertiary/aromatic N) is 4. The van der Waals surface area contributed by atoms with Crippen molar-refractivity contribution in [1.82, 2.24) is 19.5 Å². The van der Waals surface area contributed by atoms with Crippen molar-refractivity contribution in [2.45, 2.75) is 6.92 Å². The minimum absolute atomic E-state index is 0.130. The summed E-state index contributed by atoms with van der Waals surface area (Å²) in [4.78, 5) is 24.2. The fourth-order valence-electron chi connectivity index (χ4n) is 2.84. The van der Waals surface area contributed by atoms with E-state index in [-0.39, 0.29) is 5.91 Å². The Balaban J connectivity index is 1.57. The van der Waals surface area contributed by atoms with Crippen LogP contribution < -0.4 is 16.0 Å². The van der Waals surface area contributed by atoms with Crippen molar-refractivity contribution >= 4 is 46.3 Å². The van der Waals surface area contributed by atoms with Gasteiger partial charge in [-0.15, -0.1) is 0 Å². The normalized spacial score (nSPS) is 10.5. The summed E-state index contributed by atoms with van der Waals surface area (Å²) in [6.45, 7) is 1.47. The van der Waals surface area contributed by atoms with Gasteiger partial charge in [-0.1, -0.05) is 29.8 Å². The minimum atomic E-state index is -0.130. The van der Waals surface area contributed by atoms with Crippen LogP contribution in [-0.4, -0.2) is 25.4 Å². The highest BCUT2D eigenvalue weighted by atomic mass is 35.5. The summed E-state index contributed by atoms with van der Waals surface area (Å²) in [5, 5.41) is 9.78. The maximum atomic E-state index is 11.3. The number of hydrogen-bond donors (Lipinski definition) is 3. The second-order valence-corrected chi connectivity index (χ2v) is 6.78. The van der Waals surface area contributed by atoms with Gasteiger partial charge < -0.3 is 16.0 Å². The minimum Gasteiger partial charge on any atom is -0.340 e. The van der Waals surface area contributed by atoms with E-state index in [4.69, 9.17) is 11.6 Å². The Hall–Kier alpha value is -3.91. The summed E-state index contributed by atoms with van der Waals surface area (Å²) in [5.41, 5.74) is 2.22. The number of amides is 1. The van der Waals surface area contributed by atoms with E-state index in [1.54, 1.807) is 29.1 Å². The van der Waals surface area contributed by atoms with Crippen molar-refractivity contribution in [3.05, 3.63) is 78.3 Å². The molecule has 0 aliphatic heterocycles. The number of benzene rings is 2. The van der Waals surface area contributed by atoms with E-state index in [9.17, 15) is 4.79 Å². The average Bonchev–Trinajstić information content (AvgIpc) is 3.18. The number of halogens is 1. The van der Waals surface area contributed by atoms with E-state index in [1.807, 2.05) is 42.5 Å². The van der Waals surface area contributed by atoms with Gasteiger partial charge in [-0.25, -0.2) is 15.0 Å². The molecule has 0 aliphatic carbocycles. The lowest BCUT2D eigenvalue weighted by molar-refractivity contribution is -0.114. The highest BCUT2D eigenvalue weighted by Crippen LogP contribution is 2.26. The van der Waals surface area contributed by atoms with Gasteiger partial charge >= 0.3 is 0 Å². The van der Waals surface area contributed by atoms with Gasteiger partial charge in [-0.3, -0.25) is 9.36 Å². The van der Waals surface area contributed by atoms with Gasteiger partial charge in [0, 0.05) is 36.8 Å². The predicted molar refractivity (Wildman–Crippen MR) is 118 cm³/mol. The molecule has 1 amide bonds. The zero-order valence-electron chi connectivity index (χ0n) is 16.0. The molecule has 0 spiro atoms. The Kier molecular flexibility index (Phi) is 5.58. The van der Waals surface area contributed by atoms with E-state index in [0.717, 1.165) is 11.4 Å². The number of hydrogen-bond acceptors (Lipinski definition) is 6. The van der Waals surface area contributed by atoms with Crippen LogP contribution in [0.1, 0.15) is 6.92 Å². The molecule has 0 bridgehead atoms. The van der Waals surface area contributed by atoms with Crippen LogP contribution in [0.25, 0.3) is 5.82 Å². The molecule has 8 nitrogen and oxygen atoms in total. The second kappa shape index (κ2) is 8.62. The smallest absolute Gasteiger partial charge is 0.221 e. The standard InChI is InChI=1S/C21H18ClN7O/c1-14(30)26-15-5-4-6-16(11-15)27-19-12-20(25-13-24-19)29-10-9-23-21(29)28-18-8-3-2-7-17(18)22/h2-13H,1H3,(H,23,28)(H,26,30)(H,24,25,27). The van der Waals surface area contributed by atoms with E-state index in [2.05, 4.69) is 30.9 Å². The molecule has 0 radical (unpaired) electrons. The van der Waals surface area contributed by atoms with Gasteiger partial charge in [0.05, 0.1) is 10.7 Å².